The van der Waals surface area contributed by atoms with E-state index in [9.17, 15) is 5.11 Å². The lowest BCUT2D eigenvalue weighted by atomic mass is 10.1. The second-order valence-corrected chi connectivity index (χ2v) is 4.64. The average Bonchev–Trinajstić information content (AvgIpc) is 2.90. The molecule has 0 aliphatic carbocycles. The molecule has 100 valence electrons. The molecule has 0 aliphatic rings. The third-order valence-electron chi connectivity index (χ3n) is 3.21. The van der Waals surface area contributed by atoms with Gasteiger partial charge < -0.3 is 9.63 Å². The molecule has 0 saturated heterocycles. The molecule has 0 unspecified atom stereocenters. The summed E-state index contributed by atoms with van der Waals surface area (Å²) in [5.74, 6) is 1.09. The molecule has 0 aliphatic heterocycles. The van der Waals surface area contributed by atoms with Crippen LogP contribution in [0.3, 0.4) is 0 Å². The van der Waals surface area contributed by atoms with Crippen molar-refractivity contribution >= 4 is 0 Å². The average molecular weight is 266 g/mol. The molecule has 4 heteroatoms. The van der Waals surface area contributed by atoms with E-state index < -0.39 is 0 Å². The zero-order chi connectivity index (χ0) is 13.9. The topological polar surface area (TPSA) is 59.2 Å². The van der Waals surface area contributed by atoms with Crippen LogP contribution in [0.5, 0.6) is 5.75 Å². The summed E-state index contributed by atoms with van der Waals surface area (Å²) in [6, 6.07) is 15.0. The fourth-order valence-electron chi connectivity index (χ4n) is 2.07. The first-order valence-corrected chi connectivity index (χ1v) is 6.39. The van der Waals surface area contributed by atoms with E-state index in [0.29, 0.717) is 23.7 Å². The number of hydrogen-bond donors (Lipinski definition) is 1. The normalized spacial score (nSPS) is 10.7. The molecular formula is C16H14N2O2. The van der Waals surface area contributed by atoms with E-state index in [4.69, 9.17) is 4.52 Å². The van der Waals surface area contributed by atoms with Crippen LogP contribution in [-0.4, -0.2) is 15.2 Å². The number of aromatic nitrogens is 2. The van der Waals surface area contributed by atoms with E-state index >= 15 is 0 Å². The van der Waals surface area contributed by atoms with Gasteiger partial charge in [-0.25, -0.2) is 0 Å². The van der Waals surface area contributed by atoms with Crippen LogP contribution < -0.4 is 0 Å². The minimum Gasteiger partial charge on any atom is -0.507 e. The van der Waals surface area contributed by atoms with Crippen molar-refractivity contribution in [3.8, 4) is 17.2 Å². The summed E-state index contributed by atoms with van der Waals surface area (Å²) in [6.45, 7) is 2.05. The van der Waals surface area contributed by atoms with Crippen molar-refractivity contribution in [1.82, 2.24) is 10.1 Å². The second-order valence-electron chi connectivity index (χ2n) is 4.64. The Morgan fingerprint density at radius 2 is 1.80 bits per heavy atom. The molecule has 2 aromatic carbocycles. The van der Waals surface area contributed by atoms with Crippen LogP contribution in [0.2, 0.25) is 0 Å². The summed E-state index contributed by atoms with van der Waals surface area (Å²) in [4.78, 5) is 4.34. The molecule has 0 radical (unpaired) electrons. The van der Waals surface area contributed by atoms with Gasteiger partial charge in [-0.3, -0.25) is 0 Å². The number of para-hydroxylation sites is 1. The maximum Gasteiger partial charge on any atom is 0.261 e. The molecule has 0 fully saturated rings. The minimum atomic E-state index is 0.138. The SMILES string of the molecule is Cc1ccccc1Cc1noc(-c2ccccc2O)n1. The highest BCUT2D eigenvalue weighted by Crippen LogP contribution is 2.27. The van der Waals surface area contributed by atoms with E-state index in [1.807, 2.05) is 24.3 Å². The van der Waals surface area contributed by atoms with Crippen LogP contribution in [-0.2, 0) is 6.42 Å². The van der Waals surface area contributed by atoms with E-state index in [-0.39, 0.29) is 5.75 Å². The van der Waals surface area contributed by atoms with Crippen molar-refractivity contribution in [2.45, 2.75) is 13.3 Å². The van der Waals surface area contributed by atoms with E-state index in [1.54, 1.807) is 18.2 Å². The highest BCUT2D eigenvalue weighted by molar-refractivity contribution is 5.61. The van der Waals surface area contributed by atoms with Crippen molar-refractivity contribution in [2.24, 2.45) is 0 Å². The Bertz CT molecular complexity index is 735. The molecule has 0 bridgehead atoms. The predicted molar refractivity (Wildman–Crippen MR) is 75.4 cm³/mol. The van der Waals surface area contributed by atoms with E-state index in [2.05, 4.69) is 23.1 Å². The van der Waals surface area contributed by atoms with Crippen LogP contribution in [0.25, 0.3) is 11.5 Å². The Labute approximate surface area is 116 Å². The van der Waals surface area contributed by atoms with Crippen LogP contribution in [0.4, 0.5) is 0 Å². The van der Waals surface area contributed by atoms with Gasteiger partial charge in [-0.1, -0.05) is 41.6 Å². The van der Waals surface area contributed by atoms with Crippen molar-refractivity contribution in [2.75, 3.05) is 0 Å². The first-order valence-electron chi connectivity index (χ1n) is 6.39. The largest absolute Gasteiger partial charge is 0.507 e. The van der Waals surface area contributed by atoms with Crippen molar-refractivity contribution < 1.29 is 9.63 Å². The van der Waals surface area contributed by atoms with E-state index in [0.717, 1.165) is 5.56 Å². The molecule has 0 spiro atoms. The predicted octanol–water partition coefficient (Wildman–Crippen LogP) is 3.34. The number of hydrogen-bond acceptors (Lipinski definition) is 4. The van der Waals surface area contributed by atoms with Gasteiger partial charge in [-0.05, 0) is 30.2 Å². The number of aromatic hydroxyl groups is 1. The Hall–Kier alpha value is -2.62. The molecule has 20 heavy (non-hydrogen) atoms. The van der Waals surface area contributed by atoms with Gasteiger partial charge in [-0.2, -0.15) is 4.98 Å². The maximum atomic E-state index is 9.78. The number of phenolic OH excluding ortho intramolecular Hbond substituents is 1. The van der Waals surface area contributed by atoms with Crippen LogP contribution in [0.15, 0.2) is 53.1 Å². The Morgan fingerprint density at radius 3 is 2.60 bits per heavy atom. The summed E-state index contributed by atoms with van der Waals surface area (Å²) in [7, 11) is 0. The van der Waals surface area contributed by atoms with Gasteiger partial charge in [0, 0.05) is 6.42 Å². The van der Waals surface area contributed by atoms with Gasteiger partial charge in [0.25, 0.3) is 5.89 Å². The number of benzene rings is 2. The lowest BCUT2D eigenvalue weighted by molar-refractivity contribution is 0.418. The molecule has 0 atom stereocenters. The Balaban J connectivity index is 1.88. The molecule has 0 amide bonds. The molecule has 1 N–H and O–H groups in total. The molecule has 3 aromatic rings. The zero-order valence-electron chi connectivity index (χ0n) is 11.1. The maximum absolute atomic E-state index is 9.78. The molecule has 1 aromatic heterocycles. The van der Waals surface area contributed by atoms with Gasteiger partial charge in [0.1, 0.15) is 5.75 Å². The van der Waals surface area contributed by atoms with Gasteiger partial charge in [0.15, 0.2) is 5.82 Å². The summed E-state index contributed by atoms with van der Waals surface area (Å²) in [6.07, 6.45) is 0.615. The second kappa shape index (κ2) is 5.17. The van der Waals surface area contributed by atoms with Crippen LogP contribution in [0, 0.1) is 6.92 Å². The third-order valence-corrected chi connectivity index (χ3v) is 3.21. The van der Waals surface area contributed by atoms with Crippen LogP contribution in [0.1, 0.15) is 17.0 Å². The number of nitrogens with zero attached hydrogens (tertiary/aromatic N) is 2. The third kappa shape index (κ3) is 2.40. The lowest BCUT2D eigenvalue weighted by Gasteiger charge is -2.00. The highest BCUT2D eigenvalue weighted by Gasteiger charge is 2.12. The number of aryl methyl sites for hydroxylation is 1. The minimum absolute atomic E-state index is 0.138. The van der Waals surface area contributed by atoms with Crippen molar-refractivity contribution in [3.63, 3.8) is 0 Å². The monoisotopic (exact) mass is 266 g/mol. The summed E-state index contributed by atoms with van der Waals surface area (Å²) >= 11 is 0. The molecule has 4 nitrogen and oxygen atoms in total. The molecule has 0 saturated carbocycles. The smallest absolute Gasteiger partial charge is 0.261 e. The van der Waals surface area contributed by atoms with Crippen molar-refractivity contribution in [3.05, 3.63) is 65.5 Å². The fourth-order valence-corrected chi connectivity index (χ4v) is 2.07. The molecular weight excluding hydrogens is 252 g/mol. The Morgan fingerprint density at radius 1 is 1.05 bits per heavy atom. The lowest BCUT2D eigenvalue weighted by Crippen LogP contribution is -1.93. The van der Waals surface area contributed by atoms with Gasteiger partial charge >= 0.3 is 0 Å². The Kier molecular flexibility index (Phi) is 3.21. The zero-order valence-corrected chi connectivity index (χ0v) is 11.1. The van der Waals surface area contributed by atoms with Crippen molar-refractivity contribution in [1.29, 1.82) is 0 Å². The van der Waals surface area contributed by atoms with Gasteiger partial charge in [0.2, 0.25) is 0 Å². The highest BCUT2D eigenvalue weighted by atomic mass is 16.5. The standard InChI is InChI=1S/C16H14N2O2/c1-11-6-2-3-7-12(11)10-15-17-16(20-18-15)13-8-4-5-9-14(13)19/h2-9,19H,10H2,1H3. The summed E-state index contributed by atoms with van der Waals surface area (Å²) in [5, 5.41) is 13.8. The number of rotatable bonds is 3. The van der Waals surface area contributed by atoms with Gasteiger partial charge in [-0.15, -0.1) is 0 Å². The van der Waals surface area contributed by atoms with Gasteiger partial charge in [0.05, 0.1) is 5.56 Å². The van der Waals surface area contributed by atoms with Crippen LogP contribution >= 0.6 is 0 Å². The van der Waals surface area contributed by atoms with E-state index in [1.165, 1.54) is 5.56 Å². The quantitative estimate of drug-likeness (QED) is 0.789. The summed E-state index contributed by atoms with van der Waals surface area (Å²) in [5.41, 5.74) is 2.91. The number of phenols is 1. The summed E-state index contributed by atoms with van der Waals surface area (Å²) < 4.78 is 5.22. The first-order chi connectivity index (χ1) is 9.74. The molecule has 1 heterocycles. The first kappa shape index (κ1) is 12.4. The fraction of sp³-hybridized carbons (Fsp3) is 0.125. The molecule has 3 rings (SSSR count).